The van der Waals surface area contributed by atoms with Gasteiger partial charge in [0.15, 0.2) is 0 Å². The van der Waals surface area contributed by atoms with Gasteiger partial charge in [-0.05, 0) is 12.1 Å². The zero-order valence-electron chi connectivity index (χ0n) is 10.1. The third-order valence-electron chi connectivity index (χ3n) is 2.39. The SMILES string of the molecule is COCCNCC(O)c1ccc(OC)cc1F. The van der Waals surface area contributed by atoms with E-state index in [9.17, 15) is 9.50 Å². The number of aliphatic hydroxyl groups is 1. The first kappa shape index (κ1) is 13.9. The lowest BCUT2D eigenvalue weighted by atomic mass is 10.1. The molecule has 0 radical (unpaired) electrons. The molecule has 0 fully saturated rings. The summed E-state index contributed by atoms with van der Waals surface area (Å²) in [4.78, 5) is 0. The Bertz CT molecular complexity index is 347. The normalized spacial score (nSPS) is 12.5. The van der Waals surface area contributed by atoms with Gasteiger partial charge in [0.25, 0.3) is 0 Å². The summed E-state index contributed by atoms with van der Waals surface area (Å²) in [6, 6.07) is 4.40. The summed E-state index contributed by atoms with van der Waals surface area (Å²) in [5.41, 5.74) is 0.260. The van der Waals surface area contributed by atoms with Gasteiger partial charge in [0.1, 0.15) is 11.6 Å². The third kappa shape index (κ3) is 4.30. The molecular formula is C12H18FNO3. The van der Waals surface area contributed by atoms with E-state index in [-0.39, 0.29) is 12.1 Å². The zero-order valence-corrected chi connectivity index (χ0v) is 10.1. The van der Waals surface area contributed by atoms with Crippen molar-refractivity contribution in [2.24, 2.45) is 0 Å². The Morgan fingerprint density at radius 1 is 1.41 bits per heavy atom. The fourth-order valence-electron chi connectivity index (χ4n) is 1.43. The first-order valence-electron chi connectivity index (χ1n) is 5.40. The third-order valence-corrected chi connectivity index (χ3v) is 2.39. The molecule has 0 aliphatic heterocycles. The van der Waals surface area contributed by atoms with Crippen LogP contribution in [0.2, 0.25) is 0 Å². The van der Waals surface area contributed by atoms with Crippen molar-refractivity contribution in [3.63, 3.8) is 0 Å². The molecule has 17 heavy (non-hydrogen) atoms. The summed E-state index contributed by atoms with van der Waals surface area (Å²) < 4.78 is 23.3. The Hall–Kier alpha value is -1.17. The molecule has 0 aliphatic carbocycles. The molecule has 96 valence electrons. The first-order chi connectivity index (χ1) is 8.19. The Morgan fingerprint density at radius 3 is 2.76 bits per heavy atom. The fraction of sp³-hybridized carbons (Fsp3) is 0.500. The summed E-state index contributed by atoms with van der Waals surface area (Å²) in [6.07, 6.45) is -0.877. The molecule has 0 bridgehead atoms. The number of hydrogen-bond donors (Lipinski definition) is 2. The second kappa shape index (κ2) is 7.21. The molecule has 0 saturated heterocycles. The number of rotatable bonds is 7. The monoisotopic (exact) mass is 243 g/mol. The lowest BCUT2D eigenvalue weighted by Crippen LogP contribution is -2.25. The van der Waals surface area contributed by atoms with Gasteiger partial charge in [-0.15, -0.1) is 0 Å². The van der Waals surface area contributed by atoms with Crippen LogP contribution in [0.5, 0.6) is 5.75 Å². The van der Waals surface area contributed by atoms with Crippen LogP contribution in [-0.4, -0.2) is 39.0 Å². The van der Waals surface area contributed by atoms with E-state index >= 15 is 0 Å². The molecule has 4 nitrogen and oxygen atoms in total. The van der Waals surface area contributed by atoms with Gasteiger partial charge in [-0.25, -0.2) is 4.39 Å². The van der Waals surface area contributed by atoms with E-state index in [1.54, 1.807) is 13.2 Å². The average Bonchev–Trinajstić information content (AvgIpc) is 2.34. The van der Waals surface area contributed by atoms with E-state index in [0.29, 0.717) is 18.9 Å². The molecule has 1 atom stereocenters. The second-order valence-corrected chi connectivity index (χ2v) is 3.60. The van der Waals surface area contributed by atoms with E-state index < -0.39 is 11.9 Å². The van der Waals surface area contributed by atoms with Crippen LogP contribution in [0, 0.1) is 5.82 Å². The van der Waals surface area contributed by atoms with E-state index in [0.717, 1.165) is 0 Å². The van der Waals surface area contributed by atoms with Crippen molar-refractivity contribution in [3.8, 4) is 5.75 Å². The van der Waals surface area contributed by atoms with Crippen LogP contribution >= 0.6 is 0 Å². The van der Waals surface area contributed by atoms with Crippen LogP contribution in [0.15, 0.2) is 18.2 Å². The van der Waals surface area contributed by atoms with Crippen LogP contribution < -0.4 is 10.1 Å². The minimum Gasteiger partial charge on any atom is -0.497 e. The molecule has 1 unspecified atom stereocenters. The van der Waals surface area contributed by atoms with Crippen molar-refractivity contribution in [1.29, 1.82) is 0 Å². The van der Waals surface area contributed by atoms with Crippen molar-refractivity contribution in [2.45, 2.75) is 6.10 Å². The molecule has 0 aliphatic rings. The minimum absolute atomic E-state index is 0.260. The second-order valence-electron chi connectivity index (χ2n) is 3.60. The molecule has 1 aromatic carbocycles. The predicted octanol–water partition coefficient (Wildman–Crippen LogP) is 1.10. The Balaban J connectivity index is 2.53. The molecular weight excluding hydrogens is 225 g/mol. The topological polar surface area (TPSA) is 50.7 Å². The van der Waals surface area contributed by atoms with Crippen LogP contribution in [0.25, 0.3) is 0 Å². The molecule has 0 saturated carbocycles. The minimum atomic E-state index is -0.877. The first-order valence-corrected chi connectivity index (χ1v) is 5.40. The van der Waals surface area contributed by atoms with Gasteiger partial charge in [-0.2, -0.15) is 0 Å². The number of ether oxygens (including phenoxy) is 2. The van der Waals surface area contributed by atoms with Crippen molar-refractivity contribution in [2.75, 3.05) is 33.9 Å². The van der Waals surface area contributed by atoms with Crippen molar-refractivity contribution in [1.82, 2.24) is 5.32 Å². The Kier molecular flexibility index (Phi) is 5.90. The van der Waals surface area contributed by atoms with Crippen LogP contribution in [0.3, 0.4) is 0 Å². The fourth-order valence-corrected chi connectivity index (χ4v) is 1.43. The van der Waals surface area contributed by atoms with Gasteiger partial charge >= 0.3 is 0 Å². The summed E-state index contributed by atoms with van der Waals surface area (Å²) >= 11 is 0. The quantitative estimate of drug-likeness (QED) is 0.704. The summed E-state index contributed by atoms with van der Waals surface area (Å²) in [7, 11) is 3.07. The van der Waals surface area contributed by atoms with E-state index in [1.165, 1.54) is 19.2 Å². The predicted molar refractivity (Wildman–Crippen MR) is 62.7 cm³/mol. The van der Waals surface area contributed by atoms with Gasteiger partial charge in [-0.3, -0.25) is 0 Å². The standard InChI is InChI=1S/C12H18FNO3/c1-16-6-5-14-8-12(15)10-4-3-9(17-2)7-11(10)13/h3-4,7,12,14-15H,5-6,8H2,1-2H3. The smallest absolute Gasteiger partial charge is 0.132 e. The zero-order chi connectivity index (χ0) is 12.7. The summed E-state index contributed by atoms with van der Waals surface area (Å²) in [6.45, 7) is 1.45. The van der Waals surface area contributed by atoms with Crippen LogP contribution in [0.4, 0.5) is 4.39 Å². The highest BCUT2D eigenvalue weighted by molar-refractivity contribution is 5.30. The van der Waals surface area contributed by atoms with Gasteiger partial charge < -0.3 is 19.9 Å². The highest BCUT2D eigenvalue weighted by Crippen LogP contribution is 2.21. The molecule has 0 amide bonds. The lowest BCUT2D eigenvalue weighted by Gasteiger charge is -2.13. The summed E-state index contributed by atoms with van der Waals surface area (Å²) in [5.74, 6) is -0.0313. The lowest BCUT2D eigenvalue weighted by molar-refractivity contribution is 0.158. The Morgan fingerprint density at radius 2 is 2.18 bits per heavy atom. The molecule has 0 aromatic heterocycles. The van der Waals surface area contributed by atoms with E-state index in [1.807, 2.05) is 0 Å². The average molecular weight is 243 g/mol. The molecule has 1 rings (SSSR count). The largest absolute Gasteiger partial charge is 0.497 e. The molecule has 0 heterocycles. The molecule has 1 aromatic rings. The van der Waals surface area contributed by atoms with Gasteiger partial charge in [0.05, 0.1) is 19.8 Å². The molecule has 2 N–H and O–H groups in total. The number of hydrogen-bond acceptors (Lipinski definition) is 4. The van der Waals surface area contributed by atoms with E-state index in [2.05, 4.69) is 5.32 Å². The number of halogens is 1. The van der Waals surface area contributed by atoms with Crippen LogP contribution in [-0.2, 0) is 4.74 Å². The van der Waals surface area contributed by atoms with Gasteiger partial charge in [-0.1, -0.05) is 0 Å². The highest BCUT2D eigenvalue weighted by atomic mass is 19.1. The number of benzene rings is 1. The van der Waals surface area contributed by atoms with Crippen molar-refractivity contribution in [3.05, 3.63) is 29.6 Å². The van der Waals surface area contributed by atoms with Crippen molar-refractivity contribution < 1.29 is 19.0 Å². The summed E-state index contributed by atoms with van der Waals surface area (Å²) in [5, 5.41) is 12.7. The number of aliphatic hydroxyl groups excluding tert-OH is 1. The maximum atomic E-state index is 13.6. The number of methoxy groups -OCH3 is 2. The van der Waals surface area contributed by atoms with Crippen LogP contribution in [0.1, 0.15) is 11.7 Å². The maximum absolute atomic E-state index is 13.6. The van der Waals surface area contributed by atoms with E-state index in [4.69, 9.17) is 9.47 Å². The number of nitrogens with one attached hydrogen (secondary N) is 1. The maximum Gasteiger partial charge on any atom is 0.132 e. The Labute approximate surface area is 100 Å². The molecule has 0 spiro atoms. The van der Waals surface area contributed by atoms with Crippen molar-refractivity contribution >= 4 is 0 Å². The molecule has 5 heteroatoms. The highest BCUT2D eigenvalue weighted by Gasteiger charge is 2.12. The van der Waals surface area contributed by atoms with Gasteiger partial charge in [0.2, 0.25) is 0 Å². The van der Waals surface area contributed by atoms with Gasteiger partial charge in [0, 0.05) is 31.8 Å².